The van der Waals surface area contributed by atoms with Crippen molar-refractivity contribution in [2.75, 3.05) is 13.1 Å². The average molecular weight is 382 g/mol. The number of amides is 1. The molecule has 0 atom stereocenters. The van der Waals surface area contributed by atoms with E-state index < -0.39 is 0 Å². The van der Waals surface area contributed by atoms with Crippen molar-refractivity contribution in [3.05, 3.63) is 102 Å². The summed E-state index contributed by atoms with van der Waals surface area (Å²) in [5, 5.41) is 0. The highest BCUT2D eigenvalue weighted by molar-refractivity contribution is 5.93. The Balaban J connectivity index is 1.53. The summed E-state index contributed by atoms with van der Waals surface area (Å²) in [7, 11) is 0. The van der Waals surface area contributed by atoms with E-state index in [1.54, 1.807) is 16.8 Å². The van der Waals surface area contributed by atoms with Crippen LogP contribution in [0.1, 0.15) is 34.5 Å². The predicted octanol–water partition coefficient (Wildman–Crippen LogP) is 3.95. The monoisotopic (exact) mass is 382 g/mol. The minimum absolute atomic E-state index is 0.0357. The molecule has 0 saturated carbocycles. The van der Waals surface area contributed by atoms with E-state index in [9.17, 15) is 4.79 Å². The summed E-state index contributed by atoms with van der Waals surface area (Å²) in [4.78, 5) is 24.0. The van der Waals surface area contributed by atoms with Crippen molar-refractivity contribution in [2.24, 2.45) is 0 Å². The minimum Gasteiger partial charge on any atom is -0.336 e. The first-order valence-electron chi connectivity index (χ1n) is 9.96. The molecule has 3 heterocycles. The summed E-state index contributed by atoms with van der Waals surface area (Å²) in [6.07, 6.45) is 7.28. The standard InChI is InChI=1S/C24H22N4O/c29-22(21-17-27-16-8-14-25-23(27)26-21)28-15-7-13-24(18-28,19-9-3-1-4-10-19)20-11-5-2-6-12-20/h1-6,8-12,14,16-17H,7,13,15,18H2. The van der Waals surface area contributed by atoms with Crippen LogP contribution in [0.25, 0.3) is 5.78 Å². The third-order valence-electron chi connectivity index (χ3n) is 5.89. The quantitative estimate of drug-likeness (QED) is 0.539. The molecule has 0 N–H and O–H groups in total. The van der Waals surface area contributed by atoms with Crippen LogP contribution in [0.3, 0.4) is 0 Å². The van der Waals surface area contributed by atoms with Crippen molar-refractivity contribution in [1.82, 2.24) is 19.3 Å². The third kappa shape index (κ3) is 3.09. The number of fused-ring (bicyclic) bond motifs is 1. The van der Waals surface area contributed by atoms with Gasteiger partial charge in [0.25, 0.3) is 5.91 Å². The van der Waals surface area contributed by atoms with Gasteiger partial charge in [-0.15, -0.1) is 0 Å². The van der Waals surface area contributed by atoms with Crippen molar-refractivity contribution < 1.29 is 4.79 Å². The second-order valence-electron chi connectivity index (χ2n) is 7.60. The van der Waals surface area contributed by atoms with E-state index >= 15 is 0 Å². The normalized spacial score (nSPS) is 16.1. The lowest BCUT2D eigenvalue weighted by Gasteiger charge is -2.43. The molecule has 0 unspecified atom stereocenters. The number of carbonyl (C=O) groups is 1. The molecule has 5 heteroatoms. The van der Waals surface area contributed by atoms with Crippen molar-refractivity contribution in [1.29, 1.82) is 0 Å². The maximum absolute atomic E-state index is 13.3. The molecule has 144 valence electrons. The number of likely N-dealkylation sites (tertiary alicyclic amines) is 1. The lowest BCUT2D eigenvalue weighted by Crippen LogP contribution is -2.49. The van der Waals surface area contributed by atoms with Crippen LogP contribution in [0.5, 0.6) is 0 Å². The smallest absolute Gasteiger partial charge is 0.274 e. The maximum atomic E-state index is 13.3. The van der Waals surface area contributed by atoms with Crippen molar-refractivity contribution in [3.63, 3.8) is 0 Å². The molecule has 1 aliphatic heterocycles. The average Bonchev–Trinajstić information content (AvgIpc) is 3.24. The molecule has 1 amide bonds. The fourth-order valence-electron chi connectivity index (χ4n) is 4.48. The topological polar surface area (TPSA) is 50.5 Å². The van der Waals surface area contributed by atoms with Gasteiger partial charge in [-0.3, -0.25) is 9.20 Å². The number of rotatable bonds is 3. The molecule has 0 spiro atoms. The predicted molar refractivity (Wildman–Crippen MR) is 112 cm³/mol. The zero-order valence-corrected chi connectivity index (χ0v) is 16.1. The van der Waals surface area contributed by atoms with Crippen molar-refractivity contribution >= 4 is 11.7 Å². The van der Waals surface area contributed by atoms with E-state index in [0.29, 0.717) is 18.0 Å². The van der Waals surface area contributed by atoms with E-state index in [2.05, 4.69) is 58.5 Å². The lowest BCUT2D eigenvalue weighted by atomic mass is 9.69. The highest BCUT2D eigenvalue weighted by Crippen LogP contribution is 2.40. The Labute approximate surface area is 169 Å². The molecule has 0 bridgehead atoms. The van der Waals surface area contributed by atoms with Gasteiger partial charge < -0.3 is 4.90 Å². The van der Waals surface area contributed by atoms with Gasteiger partial charge in [0.1, 0.15) is 5.69 Å². The van der Waals surface area contributed by atoms with Crippen LogP contribution in [-0.4, -0.2) is 38.3 Å². The van der Waals surface area contributed by atoms with Gasteiger partial charge in [0.05, 0.1) is 0 Å². The van der Waals surface area contributed by atoms with Crippen LogP contribution in [0.15, 0.2) is 85.3 Å². The summed E-state index contributed by atoms with van der Waals surface area (Å²) in [6, 6.07) is 22.9. The molecular formula is C24H22N4O. The molecule has 5 rings (SSSR count). The molecule has 0 aliphatic carbocycles. The number of hydrogen-bond donors (Lipinski definition) is 0. The first-order valence-corrected chi connectivity index (χ1v) is 9.96. The molecular weight excluding hydrogens is 360 g/mol. The minimum atomic E-state index is -0.214. The Kier molecular flexibility index (Phi) is 4.35. The Morgan fingerprint density at radius 3 is 2.28 bits per heavy atom. The molecule has 2 aromatic heterocycles. The SMILES string of the molecule is O=C(c1cn2cccnc2n1)N1CCCC(c2ccccc2)(c2ccccc2)C1. The van der Waals surface area contributed by atoms with Crippen LogP contribution in [0, 0.1) is 0 Å². The van der Waals surface area contributed by atoms with Gasteiger partial charge in [-0.05, 0) is 30.0 Å². The van der Waals surface area contributed by atoms with Gasteiger partial charge in [-0.2, -0.15) is 0 Å². The molecule has 1 saturated heterocycles. The summed E-state index contributed by atoms with van der Waals surface area (Å²) >= 11 is 0. The number of hydrogen-bond acceptors (Lipinski definition) is 3. The number of carbonyl (C=O) groups excluding carboxylic acids is 1. The summed E-state index contributed by atoms with van der Waals surface area (Å²) in [6.45, 7) is 1.38. The second kappa shape index (κ2) is 7.17. The summed E-state index contributed by atoms with van der Waals surface area (Å²) < 4.78 is 1.79. The number of benzene rings is 2. The Bertz CT molecular complexity index is 1060. The Morgan fingerprint density at radius 2 is 1.62 bits per heavy atom. The van der Waals surface area contributed by atoms with Gasteiger partial charge in [0.2, 0.25) is 5.78 Å². The third-order valence-corrected chi connectivity index (χ3v) is 5.89. The van der Waals surface area contributed by atoms with Crippen molar-refractivity contribution in [2.45, 2.75) is 18.3 Å². The fourth-order valence-corrected chi connectivity index (χ4v) is 4.48. The van der Waals surface area contributed by atoms with E-state index in [-0.39, 0.29) is 11.3 Å². The molecule has 5 nitrogen and oxygen atoms in total. The summed E-state index contributed by atoms with van der Waals surface area (Å²) in [5.41, 5.74) is 2.73. The molecule has 0 radical (unpaired) electrons. The first kappa shape index (κ1) is 17.6. The fraction of sp³-hybridized carbons (Fsp3) is 0.208. The van der Waals surface area contributed by atoms with E-state index in [0.717, 1.165) is 19.4 Å². The molecule has 2 aromatic carbocycles. The van der Waals surface area contributed by atoms with E-state index in [1.807, 2.05) is 29.3 Å². The molecule has 1 aliphatic rings. The Hall–Kier alpha value is -3.47. The first-order chi connectivity index (χ1) is 14.3. The molecule has 29 heavy (non-hydrogen) atoms. The van der Waals surface area contributed by atoms with Gasteiger partial charge in [0, 0.05) is 37.1 Å². The van der Waals surface area contributed by atoms with Gasteiger partial charge >= 0.3 is 0 Å². The summed E-state index contributed by atoms with van der Waals surface area (Å²) in [5.74, 6) is 0.511. The zero-order chi connectivity index (χ0) is 19.7. The van der Waals surface area contributed by atoms with Crippen LogP contribution in [0.4, 0.5) is 0 Å². The number of aromatic nitrogens is 3. The van der Waals surface area contributed by atoms with Crippen LogP contribution in [-0.2, 0) is 5.41 Å². The largest absolute Gasteiger partial charge is 0.336 e. The van der Waals surface area contributed by atoms with Crippen molar-refractivity contribution in [3.8, 4) is 0 Å². The van der Waals surface area contributed by atoms with Gasteiger partial charge in [-0.25, -0.2) is 9.97 Å². The van der Waals surface area contributed by atoms with Crippen LogP contribution < -0.4 is 0 Å². The number of imidazole rings is 1. The number of nitrogens with zero attached hydrogens (tertiary/aromatic N) is 4. The highest BCUT2D eigenvalue weighted by Gasteiger charge is 2.40. The Morgan fingerprint density at radius 1 is 0.931 bits per heavy atom. The molecule has 4 aromatic rings. The lowest BCUT2D eigenvalue weighted by molar-refractivity contribution is 0.0661. The van der Waals surface area contributed by atoms with Gasteiger partial charge in [0.15, 0.2) is 0 Å². The maximum Gasteiger partial charge on any atom is 0.274 e. The van der Waals surface area contributed by atoms with Gasteiger partial charge in [-0.1, -0.05) is 60.7 Å². The van der Waals surface area contributed by atoms with Crippen LogP contribution >= 0.6 is 0 Å². The molecule has 1 fully saturated rings. The van der Waals surface area contributed by atoms with E-state index in [4.69, 9.17) is 0 Å². The van der Waals surface area contributed by atoms with E-state index in [1.165, 1.54) is 11.1 Å². The number of piperidine rings is 1. The zero-order valence-electron chi connectivity index (χ0n) is 16.1. The van der Waals surface area contributed by atoms with Crippen LogP contribution in [0.2, 0.25) is 0 Å². The second-order valence-corrected chi connectivity index (χ2v) is 7.60. The highest BCUT2D eigenvalue weighted by atomic mass is 16.2.